The zero-order valence-electron chi connectivity index (χ0n) is 12.3. The number of nitro groups is 1. The molecule has 0 aliphatic heterocycles. The minimum absolute atomic E-state index is 0.0722. The fourth-order valence-corrected chi connectivity index (χ4v) is 2.00. The zero-order chi connectivity index (χ0) is 16.8. The average molecular weight is 314 g/mol. The van der Waals surface area contributed by atoms with E-state index in [-0.39, 0.29) is 23.4 Å². The van der Waals surface area contributed by atoms with Gasteiger partial charge in [-0.1, -0.05) is 30.3 Å². The van der Waals surface area contributed by atoms with Gasteiger partial charge in [-0.3, -0.25) is 14.9 Å². The number of rotatable bonds is 5. The molecule has 118 valence electrons. The maximum atomic E-state index is 12.2. The van der Waals surface area contributed by atoms with Crippen LogP contribution in [0.1, 0.15) is 26.3 Å². The van der Waals surface area contributed by atoms with Crippen LogP contribution in [0.15, 0.2) is 48.5 Å². The van der Waals surface area contributed by atoms with Gasteiger partial charge in [-0.2, -0.15) is 0 Å². The van der Waals surface area contributed by atoms with Crippen LogP contribution >= 0.6 is 0 Å². The summed E-state index contributed by atoms with van der Waals surface area (Å²) in [6.07, 6.45) is 0. The summed E-state index contributed by atoms with van der Waals surface area (Å²) in [7, 11) is 1.19. The Kier molecular flexibility index (Phi) is 5.03. The smallest absolute Gasteiger partial charge is 0.337 e. The van der Waals surface area contributed by atoms with Crippen molar-refractivity contribution in [2.45, 2.75) is 6.54 Å². The number of carbonyl (C=O) groups excluding carboxylic acids is 2. The van der Waals surface area contributed by atoms with E-state index in [0.717, 1.165) is 17.7 Å². The van der Waals surface area contributed by atoms with Gasteiger partial charge in [0.1, 0.15) is 5.56 Å². The second-order valence-electron chi connectivity index (χ2n) is 4.65. The van der Waals surface area contributed by atoms with Gasteiger partial charge in [0.15, 0.2) is 0 Å². The van der Waals surface area contributed by atoms with Gasteiger partial charge in [-0.15, -0.1) is 0 Å². The molecule has 0 unspecified atom stereocenters. The summed E-state index contributed by atoms with van der Waals surface area (Å²) >= 11 is 0. The van der Waals surface area contributed by atoms with Crippen molar-refractivity contribution in [3.63, 3.8) is 0 Å². The summed E-state index contributed by atoms with van der Waals surface area (Å²) in [5.74, 6) is -1.30. The lowest BCUT2D eigenvalue weighted by Gasteiger charge is -2.07. The Bertz CT molecular complexity index is 743. The number of benzene rings is 2. The molecule has 2 aromatic rings. The van der Waals surface area contributed by atoms with Crippen LogP contribution < -0.4 is 5.32 Å². The van der Waals surface area contributed by atoms with E-state index in [4.69, 9.17) is 0 Å². The van der Waals surface area contributed by atoms with Gasteiger partial charge in [-0.05, 0) is 17.7 Å². The molecule has 0 bridgehead atoms. The first-order chi connectivity index (χ1) is 11.0. The van der Waals surface area contributed by atoms with E-state index >= 15 is 0 Å². The molecular formula is C16H14N2O5. The third kappa shape index (κ3) is 3.91. The number of esters is 1. The van der Waals surface area contributed by atoms with Crippen molar-refractivity contribution >= 4 is 17.6 Å². The maximum Gasteiger partial charge on any atom is 0.337 e. The standard InChI is InChI=1S/C16H14N2O5/c1-23-16(20)12-7-8-14(18(21)22)13(9-12)15(19)17-10-11-5-3-2-4-6-11/h2-9H,10H2,1H3,(H,17,19). The van der Waals surface area contributed by atoms with Crippen LogP contribution in [0.3, 0.4) is 0 Å². The Balaban J connectivity index is 2.26. The SMILES string of the molecule is COC(=O)c1ccc([N+](=O)[O-])c(C(=O)NCc2ccccc2)c1. The Hall–Kier alpha value is -3.22. The molecule has 2 rings (SSSR count). The van der Waals surface area contributed by atoms with Crippen molar-refractivity contribution in [1.29, 1.82) is 0 Å². The molecule has 0 aliphatic carbocycles. The van der Waals surface area contributed by atoms with Crippen LogP contribution in [0.5, 0.6) is 0 Å². The fourth-order valence-electron chi connectivity index (χ4n) is 2.00. The van der Waals surface area contributed by atoms with Crippen molar-refractivity contribution < 1.29 is 19.2 Å². The summed E-state index contributed by atoms with van der Waals surface area (Å²) in [6.45, 7) is 0.222. The normalized spacial score (nSPS) is 9.96. The summed E-state index contributed by atoms with van der Waals surface area (Å²) in [6, 6.07) is 12.6. The molecule has 7 nitrogen and oxygen atoms in total. The third-order valence-electron chi connectivity index (χ3n) is 3.15. The number of amides is 1. The number of carbonyl (C=O) groups is 2. The molecule has 0 saturated heterocycles. The summed E-state index contributed by atoms with van der Waals surface area (Å²) in [5.41, 5.74) is 0.368. The first-order valence-electron chi connectivity index (χ1n) is 6.72. The molecule has 0 atom stereocenters. The Morgan fingerprint density at radius 1 is 1.17 bits per heavy atom. The Morgan fingerprint density at radius 2 is 1.87 bits per heavy atom. The largest absolute Gasteiger partial charge is 0.465 e. The number of nitro benzene ring substituents is 1. The van der Waals surface area contributed by atoms with Crippen LogP contribution in [0.2, 0.25) is 0 Å². The van der Waals surface area contributed by atoms with Crippen LogP contribution in [0, 0.1) is 10.1 Å². The number of ether oxygens (including phenoxy) is 1. The summed E-state index contributed by atoms with van der Waals surface area (Å²) < 4.78 is 4.56. The Labute approximate surface area is 132 Å². The van der Waals surface area contributed by atoms with Crippen LogP contribution in [0.25, 0.3) is 0 Å². The van der Waals surface area contributed by atoms with E-state index < -0.39 is 16.8 Å². The highest BCUT2D eigenvalue weighted by Crippen LogP contribution is 2.20. The number of hydrogen-bond donors (Lipinski definition) is 1. The second-order valence-corrected chi connectivity index (χ2v) is 4.65. The predicted molar refractivity (Wildman–Crippen MR) is 82.0 cm³/mol. The van der Waals surface area contributed by atoms with Gasteiger partial charge in [0, 0.05) is 12.6 Å². The molecule has 1 amide bonds. The minimum Gasteiger partial charge on any atom is -0.465 e. The molecule has 0 aromatic heterocycles. The van der Waals surface area contributed by atoms with E-state index in [9.17, 15) is 19.7 Å². The van der Waals surface area contributed by atoms with Crippen molar-refractivity contribution in [3.8, 4) is 0 Å². The quantitative estimate of drug-likeness (QED) is 0.519. The van der Waals surface area contributed by atoms with Gasteiger partial charge in [0.25, 0.3) is 11.6 Å². The van der Waals surface area contributed by atoms with Crippen molar-refractivity contribution in [1.82, 2.24) is 5.32 Å². The molecule has 23 heavy (non-hydrogen) atoms. The molecular weight excluding hydrogens is 300 g/mol. The molecule has 0 radical (unpaired) electrons. The lowest BCUT2D eigenvalue weighted by molar-refractivity contribution is -0.385. The number of nitrogens with one attached hydrogen (secondary N) is 1. The van der Waals surface area contributed by atoms with Crippen LogP contribution in [0.4, 0.5) is 5.69 Å². The van der Waals surface area contributed by atoms with E-state index in [1.807, 2.05) is 30.3 Å². The second kappa shape index (κ2) is 7.17. The van der Waals surface area contributed by atoms with Crippen molar-refractivity contribution in [2.75, 3.05) is 7.11 Å². The van der Waals surface area contributed by atoms with Crippen LogP contribution in [-0.4, -0.2) is 23.9 Å². The lowest BCUT2D eigenvalue weighted by Crippen LogP contribution is -2.24. The monoisotopic (exact) mass is 314 g/mol. The lowest BCUT2D eigenvalue weighted by atomic mass is 10.1. The molecule has 2 aromatic carbocycles. The summed E-state index contributed by atoms with van der Waals surface area (Å²) in [4.78, 5) is 34.2. The van der Waals surface area contributed by atoms with Crippen molar-refractivity contribution in [3.05, 3.63) is 75.3 Å². The number of methoxy groups -OCH3 is 1. The van der Waals surface area contributed by atoms with Gasteiger partial charge >= 0.3 is 5.97 Å². The third-order valence-corrected chi connectivity index (χ3v) is 3.15. The number of nitrogens with zero attached hydrogens (tertiary/aromatic N) is 1. The fraction of sp³-hybridized carbons (Fsp3) is 0.125. The molecule has 0 saturated carbocycles. The van der Waals surface area contributed by atoms with Gasteiger partial charge < -0.3 is 10.1 Å². The van der Waals surface area contributed by atoms with Gasteiger partial charge in [0.05, 0.1) is 17.6 Å². The highest BCUT2D eigenvalue weighted by Gasteiger charge is 2.22. The molecule has 7 heteroatoms. The molecule has 0 fully saturated rings. The highest BCUT2D eigenvalue weighted by molar-refractivity contribution is 6.01. The average Bonchev–Trinajstić information content (AvgIpc) is 2.59. The van der Waals surface area contributed by atoms with Crippen molar-refractivity contribution in [2.24, 2.45) is 0 Å². The number of hydrogen-bond acceptors (Lipinski definition) is 5. The molecule has 0 heterocycles. The maximum absolute atomic E-state index is 12.2. The predicted octanol–water partition coefficient (Wildman–Crippen LogP) is 2.31. The minimum atomic E-state index is -0.669. The van der Waals surface area contributed by atoms with E-state index in [1.165, 1.54) is 13.2 Å². The topological polar surface area (TPSA) is 98.5 Å². The van der Waals surface area contributed by atoms with Gasteiger partial charge in [0.2, 0.25) is 0 Å². The van der Waals surface area contributed by atoms with Crippen LogP contribution in [-0.2, 0) is 11.3 Å². The van der Waals surface area contributed by atoms with E-state index in [1.54, 1.807) is 0 Å². The van der Waals surface area contributed by atoms with E-state index in [0.29, 0.717) is 0 Å². The van der Waals surface area contributed by atoms with E-state index in [2.05, 4.69) is 10.1 Å². The van der Waals surface area contributed by atoms with Gasteiger partial charge in [-0.25, -0.2) is 4.79 Å². The highest BCUT2D eigenvalue weighted by atomic mass is 16.6. The Morgan fingerprint density at radius 3 is 2.48 bits per heavy atom. The molecule has 0 aliphatic rings. The summed E-state index contributed by atoms with van der Waals surface area (Å²) in [5, 5.41) is 13.7. The zero-order valence-corrected chi connectivity index (χ0v) is 12.3. The molecule has 0 spiro atoms. The first-order valence-corrected chi connectivity index (χ1v) is 6.72. The molecule has 1 N–H and O–H groups in total. The first kappa shape index (κ1) is 16.2.